The Bertz CT molecular complexity index is 1100. The van der Waals surface area contributed by atoms with Crippen LogP contribution >= 0.6 is 0 Å². The third-order valence-corrected chi connectivity index (χ3v) is 7.96. The third-order valence-electron chi connectivity index (χ3n) is 6.04. The van der Waals surface area contributed by atoms with Crippen LogP contribution in [0.3, 0.4) is 0 Å². The van der Waals surface area contributed by atoms with Gasteiger partial charge in [-0.25, -0.2) is 8.42 Å². The van der Waals surface area contributed by atoms with Crippen molar-refractivity contribution in [2.75, 3.05) is 13.7 Å². The van der Waals surface area contributed by atoms with Gasteiger partial charge >= 0.3 is 5.97 Å². The monoisotopic (exact) mass is 488 g/mol. The fourth-order valence-corrected chi connectivity index (χ4v) is 5.65. The average Bonchev–Trinajstić information content (AvgIpc) is 2.82. The zero-order chi connectivity index (χ0) is 24.9. The topological polar surface area (TPSA) is 113 Å². The molecule has 0 radical (unpaired) electrons. The van der Waals surface area contributed by atoms with E-state index >= 15 is 0 Å². The molecule has 1 aliphatic heterocycles. The van der Waals surface area contributed by atoms with E-state index in [1.54, 1.807) is 19.2 Å². The molecule has 0 aromatic heterocycles. The summed E-state index contributed by atoms with van der Waals surface area (Å²) in [5.74, 6) is -0.240. The minimum Gasteiger partial charge on any atom is -0.497 e. The molecule has 1 amide bonds. The van der Waals surface area contributed by atoms with Gasteiger partial charge in [0.1, 0.15) is 11.8 Å². The second-order valence-electron chi connectivity index (χ2n) is 8.94. The molecule has 2 aromatic carbocycles. The molecular formula is C25H32N2O6S. The first-order valence-electron chi connectivity index (χ1n) is 11.4. The minimum atomic E-state index is -4.02. The first kappa shape index (κ1) is 25.7. The van der Waals surface area contributed by atoms with Crippen LogP contribution in [-0.4, -0.2) is 55.4 Å². The van der Waals surface area contributed by atoms with Crippen molar-refractivity contribution in [3.05, 3.63) is 48.5 Å². The van der Waals surface area contributed by atoms with Gasteiger partial charge in [0.15, 0.2) is 0 Å². The van der Waals surface area contributed by atoms with E-state index in [-0.39, 0.29) is 29.8 Å². The number of carboxylic acids is 1. The van der Waals surface area contributed by atoms with Crippen molar-refractivity contribution >= 4 is 21.9 Å². The number of rotatable bonds is 9. The van der Waals surface area contributed by atoms with Crippen LogP contribution in [0.25, 0.3) is 11.1 Å². The Morgan fingerprint density at radius 1 is 1.09 bits per heavy atom. The van der Waals surface area contributed by atoms with Crippen LogP contribution in [0.15, 0.2) is 53.4 Å². The van der Waals surface area contributed by atoms with Crippen LogP contribution in [0.1, 0.15) is 39.5 Å². The van der Waals surface area contributed by atoms with E-state index in [9.17, 15) is 23.1 Å². The first-order chi connectivity index (χ1) is 16.1. The van der Waals surface area contributed by atoms with Crippen LogP contribution in [0.5, 0.6) is 5.75 Å². The standard InChI is InChI=1S/C25H32N2O6S/c1-17(2)4-13-24(28)26-20-14-15-27(23(16-20)25(29)30)34(31,32)22-11-7-19(8-12-22)18-5-9-21(33-3)10-6-18/h5-12,17,20,23H,4,13-16H2,1-3H3,(H,26,28)(H,29,30). The summed E-state index contributed by atoms with van der Waals surface area (Å²) in [7, 11) is -2.43. The van der Waals surface area contributed by atoms with Crippen molar-refractivity contribution < 1.29 is 27.9 Å². The lowest BCUT2D eigenvalue weighted by Gasteiger charge is -2.36. The molecule has 0 saturated carbocycles. The van der Waals surface area contributed by atoms with E-state index in [0.717, 1.165) is 27.6 Å². The maximum absolute atomic E-state index is 13.3. The van der Waals surface area contributed by atoms with Gasteiger partial charge in [-0.3, -0.25) is 9.59 Å². The van der Waals surface area contributed by atoms with Crippen LogP contribution in [-0.2, 0) is 19.6 Å². The van der Waals surface area contributed by atoms with Gasteiger partial charge in [0.05, 0.1) is 12.0 Å². The summed E-state index contributed by atoms with van der Waals surface area (Å²) in [5.41, 5.74) is 1.74. The number of carbonyl (C=O) groups is 2. The molecule has 34 heavy (non-hydrogen) atoms. The molecule has 0 spiro atoms. The zero-order valence-electron chi connectivity index (χ0n) is 19.7. The van der Waals surface area contributed by atoms with Gasteiger partial charge in [-0.05, 0) is 60.6 Å². The summed E-state index contributed by atoms with van der Waals surface area (Å²) in [4.78, 5) is 24.2. The Kier molecular flexibility index (Phi) is 8.33. The number of carboxylic acid groups (broad SMARTS) is 1. The number of hydrogen-bond donors (Lipinski definition) is 2. The largest absolute Gasteiger partial charge is 0.497 e. The van der Waals surface area contributed by atoms with Gasteiger partial charge < -0.3 is 15.2 Å². The Morgan fingerprint density at radius 2 is 1.68 bits per heavy atom. The molecule has 1 heterocycles. The third kappa shape index (κ3) is 6.15. The number of ether oxygens (including phenoxy) is 1. The summed E-state index contributed by atoms with van der Waals surface area (Å²) >= 11 is 0. The average molecular weight is 489 g/mol. The number of methoxy groups -OCH3 is 1. The van der Waals surface area contributed by atoms with Gasteiger partial charge in [0, 0.05) is 19.0 Å². The summed E-state index contributed by atoms with van der Waals surface area (Å²) in [6.07, 6.45) is 1.51. The van der Waals surface area contributed by atoms with Gasteiger partial charge in [0.25, 0.3) is 0 Å². The molecule has 9 heteroatoms. The summed E-state index contributed by atoms with van der Waals surface area (Å²) < 4.78 is 32.8. The zero-order valence-corrected chi connectivity index (χ0v) is 20.5. The molecule has 0 bridgehead atoms. The molecule has 1 saturated heterocycles. The Labute approximate surface area is 201 Å². The summed E-state index contributed by atoms with van der Waals surface area (Å²) in [6.45, 7) is 4.08. The van der Waals surface area contributed by atoms with Gasteiger partial charge in [0.2, 0.25) is 15.9 Å². The molecular weight excluding hydrogens is 456 g/mol. The lowest BCUT2D eigenvalue weighted by atomic mass is 9.99. The molecule has 8 nitrogen and oxygen atoms in total. The number of aliphatic carboxylic acids is 1. The quantitative estimate of drug-likeness (QED) is 0.558. The number of hydrogen-bond acceptors (Lipinski definition) is 5. The van der Waals surface area contributed by atoms with E-state index in [4.69, 9.17) is 4.74 Å². The van der Waals surface area contributed by atoms with Gasteiger partial charge in [-0.2, -0.15) is 4.31 Å². The SMILES string of the molecule is COc1ccc(-c2ccc(S(=O)(=O)N3CCC(NC(=O)CCC(C)C)CC3C(=O)O)cc2)cc1. The van der Waals surface area contributed by atoms with E-state index < -0.39 is 22.0 Å². The normalized spacial score (nSPS) is 19.1. The molecule has 2 N–H and O–H groups in total. The number of nitrogens with zero attached hydrogens (tertiary/aromatic N) is 1. The second kappa shape index (κ2) is 11.0. The van der Waals surface area contributed by atoms with Crippen molar-refractivity contribution in [2.24, 2.45) is 5.92 Å². The lowest BCUT2D eigenvalue weighted by molar-refractivity contribution is -0.143. The van der Waals surface area contributed by atoms with Crippen LogP contribution in [0, 0.1) is 5.92 Å². The Morgan fingerprint density at radius 3 is 2.21 bits per heavy atom. The number of sulfonamides is 1. The van der Waals surface area contributed by atoms with E-state index in [1.165, 1.54) is 12.1 Å². The smallest absolute Gasteiger partial charge is 0.322 e. The molecule has 184 valence electrons. The number of nitrogens with one attached hydrogen (secondary N) is 1. The minimum absolute atomic E-state index is 0.0225. The highest BCUT2D eigenvalue weighted by Gasteiger charge is 2.41. The lowest BCUT2D eigenvalue weighted by Crippen LogP contribution is -2.54. The fraction of sp³-hybridized carbons (Fsp3) is 0.440. The predicted octanol–water partition coefficient (Wildman–Crippen LogP) is 3.52. The highest BCUT2D eigenvalue weighted by molar-refractivity contribution is 7.89. The van der Waals surface area contributed by atoms with Crippen LogP contribution < -0.4 is 10.1 Å². The summed E-state index contributed by atoms with van der Waals surface area (Å²) in [6, 6.07) is 12.2. The molecule has 0 aliphatic carbocycles. The van der Waals surface area contributed by atoms with Crippen molar-refractivity contribution in [1.29, 1.82) is 0 Å². The number of carbonyl (C=O) groups excluding carboxylic acids is 1. The van der Waals surface area contributed by atoms with Gasteiger partial charge in [-0.15, -0.1) is 0 Å². The van der Waals surface area contributed by atoms with Crippen molar-refractivity contribution in [1.82, 2.24) is 9.62 Å². The number of piperidine rings is 1. The van der Waals surface area contributed by atoms with Crippen molar-refractivity contribution in [2.45, 2.75) is 56.5 Å². The Hall–Kier alpha value is -2.91. The fourth-order valence-electron chi connectivity index (χ4n) is 4.04. The number of amides is 1. The maximum Gasteiger partial charge on any atom is 0.322 e. The van der Waals surface area contributed by atoms with Crippen LogP contribution in [0.4, 0.5) is 0 Å². The van der Waals surface area contributed by atoms with Crippen molar-refractivity contribution in [3.63, 3.8) is 0 Å². The first-order valence-corrected chi connectivity index (χ1v) is 12.8. The highest BCUT2D eigenvalue weighted by atomic mass is 32.2. The predicted molar refractivity (Wildman–Crippen MR) is 129 cm³/mol. The molecule has 2 atom stereocenters. The van der Waals surface area contributed by atoms with E-state index in [1.807, 2.05) is 38.1 Å². The molecule has 2 unspecified atom stereocenters. The summed E-state index contributed by atoms with van der Waals surface area (Å²) in [5, 5.41) is 12.6. The molecule has 1 aliphatic rings. The van der Waals surface area contributed by atoms with E-state index in [0.29, 0.717) is 18.8 Å². The van der Waals surface area contributed by atoms with Crippen LogP contribution in [0.2, 0.25) is 0 Å². The number of benzene rings is 2. The van der Waals surface area contributed by atoms with Gasteiger partial charge in [-0.1, -0.05) is 38.1 Å². The molecule has 2 aromatic rings. The molecule has 1 fully saturated rings. The Balaban J connectivity index is 1.73. The highest BCUT2D eigenvalue weighted by Crippen LogP contribution is 2.28. The second-order valence-corrected chi connectivity index (χ2v) is 10.8. The maximum atomic E-state index is 13.3. The molecule has 3 rings (SSSR count). The van der Waals surface area contributed by atoms with Crippen molar-refractivity contribution in [3.8, 4) is 16.9 Å². The van der Waals surface area contributed by atoms with E-state index in [2.05, 4.69) is 5.32 Å².